The maximum atomic E-state index is 10.4. The van der Waals surface area contributed by atoms with Crippen molar-refractivity contribution in [2.75, 3.05) is 34.4 Å². The molecule has 1 heterocycles. The molecule has 0 unspecified atom stereocenters. The number of phenols is 1. The monoisotopic (exact) mass is 419 g/mol. The quantitative estimate of drug-likeness (QED) is 0.731. The molecule has 1 aliphatic heterocycles. The van der Waals surface area contributed by atoms with Gasteiger partial charge in [0.25, 0.3) is 0 Å². The first kappa shape index (κ1) is 21.6. The molecular formula is C23H30ClNO4. The van der Waals surface area contributed by atoms with Gasteiger partial charge in [-0.3, -0.25) is 4.90 Å². The van der Waals surface area contributed by atoms with E-state index in [-0.39, 0.29) is 18.2 Å². The Morgan fingerprint density at radius 2 is 1.79 bits per heavy atom. The Morgan fingerprint density at radius 3 is 2.45 bits per heavy atom. The summed E-state index contributed by atoms with van der Waals surface area (Å²) in [5.41, 5.74) is 5.96. The minimum Gasteiger partial charge on any atom is -0.504 e. The molecular weight excluding hydrogens is 390 g/mol. The number of hydrogen-bond donors (Lipinski definition) is 1. The highest BCUT2D eigenvalue weighted by Crippen LogP contribution is 2.54. The first-order valence-corrected chi connectivity index (χ1v) is 10.0. The third kappa shape index (κ3) is 3.51. The highest BCUT2D eigenvalue weighted by atomic mass is 35.5. The van der Waals surface area contributed by atoms with E-state index in [1.807, 2.05) is 12.1 Å². The van der Waals surface area contributed by atoms with Crippen LogP contribution < -0.4 is 14.2 Å². The average Bonchev–Trinajstić information content (AvgIpc) is 2.72. The van der Waals surface area contributed by atoms with Crippen LogP contribution in [-0.2, 0) is 12.8 Å². The zero-order valence-corrected chi connectivity index (χ0v) is 18.4. The molecule has 5 nitrogen and oxygen atoms in total. The zero-order valence-electron chi connectivity index (χ0n) is 17.6. The highest BCUT2D eigenvalue weighted by molar-refractivity contribution is 5.85. The van der Waals surface area contributed by atoms with Gasteiger partial charge in [-0.1, -0.05) is 13.3 Å². The van der Waals surface area contributed by atoms with Gasteiger partial charge in [0.2, 0.25) is 0 Å². The Bertz CT molecular complexity index is 899. The second-order valence-corrected chi connectivity index (χ2v) is 7.60. The van der Waals surface area contributed by atoms with Crippen molar-refractivity contribution in [2.45, 2.75) is 38.6 Å². The molecule has 1 N–H and O–H groups in total. The normalized spacial score (nSPS) is 17.0. The lowest BCUT2D eigenvalue weighted by Gasteiger charge is -2.42. The zero-order chi connectivity index (χ0) is 19.8. The number of rotatable bonds is 6. The molecule has 0 aromatic heterocycles. The molecule has 2 aromatic rings. The first-order valence-electron chi connectivity index (χ1n) is 10.0. The molecule has 0 bridgehead atoms. The van der Waals surface area contributed by atoms with Crippen molar-refractivity contribution in [3.8, 4) is 34.1 Å². The van der Waals surface area contributed by atoms with Crippen molar-refractivity contribution in [2.24, 2.45) is 0 Å². The minimum absolute atomic E-state index is 0. The van der Waals surface area contributed by atoms with Crippen molar-refractivity contribution in [1.82, 2.24) is 4.90 Å². The Morgan fingerprint density at radius 1 is 1.03 bits per heavy atom. The Labute approximate surface area is 179 Å². The van der Waals surface area contributed by atoms with Crippen LogP contribution in [0.5, 0.6) is 23.0 Å². The number of phenolic OH excluding ortho intramolecular Hbond substituents is 1. The van der Waals surface area contributed by atoms with Gasteiger partial charge in [-0.25, -0.2) is 0 Å². The summed E-state index contributed by atoms with van der Waals surface area (Å²) in [5, 5.41) is 10.4. The van der Waals surface area contributed by atoms with Crippen molar-refractivity contribution < 1.29 is 19.3 Å². The van der Waals surface area contributed by atoms with Gasteiger partial charge >= 0.3 is 0 Å². The second kappa shape index (κ2) is 8.72. The molecule has 4 rings (SSSR count). The Balaban J connectivity index is 0.00000240. The number of unbranched alkanes of at least 4 members (excludes halogenated alkanes) is 1. The van der Waals surface area contributed by atoms with Gasteiger partial charge in [0.05, 0.1) is 21.3 Å². The van der Waals surface area contributed by atoms with Gasteiger partial charge in [0, 0.05) is 18.2 Å². The first-order chi connectivity index (χ1) is 13.6. The Hall–Kier alpha value is -2.11. The lowest BCUT2D eigenvalue weighted by molar-refractivity contribution is 0.179. The summed E-state index contributed by atoms with van der Waals surface area (Å²) in [6.45, 7) is 4.37. The fraction of sp³-hybridized carbons (Fsp3) is 0.478. The number of hydrogen-bond acceptors (Lipinski definition) is 5. The summed E-state index contributed by atoms with van der Waals surface area (Å²) >= 11 is 0. The van der Waals surface area contributed by atoms with E-state index in [4.69, 9.17) is 14.2 Å². The van der Waals surface area contributed by atoms with Crippen molar-refractivity contribution >= 4 is 12.4 Å². The smallest absolute Gasteiger partial charge is 0.168 e. The van der Waals surface area contributed by atoms with Gasteiger partial charge in [-0.15, -0.1) is 12.4 Å². The molecule has 2 aliphatic rings. The third-order valence-electron chi connectivity index (χ3n) is 6.12. The molecule has 158 valence electrons. The number of benzene rings is 2. The molecule has 1 atom stereocenters. The van der Waals surface area contributed by atoms with Crippen LogP contribution in [0.4, 0.5) is 0 Å². The van der Waals surface area contributed by atoms with E-state index in [9.17, 15) is 5.11 Å². The van der Waals surface area contributed by atoms with Crippen LogP contribution in [0.2, 0.25) is 0 Å². The van der Waals surface area contributed by atoms with E-state index in [0.29, 0.717) is 11.8 Å². The lowest BCUT2D eigenvalue weighted by Crippen LogP contribution is -2.39. The van der Waals surface area contributed by atoms with Crippen molar-refractivity contribution in [1.29, 1.82) is 0 Å². The average molecular weight is 420 g/mol. The largest absolute Gasteiger partial charge is 0.504 e. The number of halogens is 1. The fourth-order valence-corrected chi connectivity index (χ4v) is 4.76. The van der Waals surface area contributed by atoms with Crippen LogP contribution in [0.1, 0.15) is 42.5 Å². The maximum Gasteiger partial charge on any atom is 0.168 e. The summed E-state index contributed by atoms with van der Waals surface area (Å²) in [7, 11) is 4.96. The fourth-order valence-electron chi connectivity index (χ4n) is 4.76. The van der Waals surface area contributed by atoms with E-state index in [1.165, 1.54) is 24.0 Å². The molecule has 6 heteroatoms. The predicted molar refractivity (Wildman–Crippen MR) is 117 cm³/mol. The van der Waals surface area contributed by atoms with Crippen molar-refractivity contribution in [3.05, 3.63) is 34.9 Å². The van der Waals surface area contributed by atoms with Crippen LogP contribution >= 0.6 is 12.4 Å². The standard InChI is InChI=1S/C23H29NO4.ClH/c1-5-6-8-24-9-7-14-12-20(27-3)23(28-4)22-16-13-19(26-2)18(25)11-15(16)10-17(24)21(14)22;/h11-13,17,25H,5-10H2,1-4H3;1H/t17-;/m0./s1. The van der Waals surface area contributed by atoms with Gasteiger partial charge < -0.3 is 19.3 Å². The summed E-state index contributed by atoms with van der Waals surface area (Å²) in [6, 6.07) is 6.22. The van der Waals surface area contributed by atoms with Gasteiger partial charge in [-0.2, -0.15) is 0 Å². The summed E-state index contributed by atoms with van der Waals surface area (Å²) in [6.07, 6.45) is 4.26. The molecule has 0 saturated carbocycles. The minimum atomic E-state index is 0. The molecule has 0 spiro atoms. The Kier molecular flexibility index (Phi) is 6.49. The van der Waals surface area contributed by atoms with E-state index < -0.39 is 0 Å². The summed E-state index contributed by atoms with van der Waals surface area (Å²) in [4.78, 5) is 2.59. The van der Waals surface area contributed by atoms with Crippen LogP contribution in [0, 0.1) is 0 Å². The SMILES string of the molecule is CCCCN1CCc2cc(OC)c(OC)c3c2[C@@H]1Cc1cc(O)c(OC)cc1-3.Cl. The molecule has 0 saturated heterocycles. The predicted octanol–water partition coefficient (Wildman–Crippen LogP) is 4.76. The number of nitrogens with zero attached hydrogens (tertiary/aromatic N) is 1. The third-order valence-corrected chi connectivity index (χ3v) is 6.12. The number of aromatic hydroxyl groups is 1. The van der Waals surface area contributed by atoms with Crippen LogP contribution in [0.3, 0.4) is 0 Å². The molecule has 0 amide bonds. The van der Waals surface area contributed by atoms with E-state index >= 15 is 0 Å². The van der Waals surface area contributed by atoms with Crippen LogP contribution in [0.15, 0.2) is 18.2 Å². The number of fused-ring (bicyclic) bond motifs is 2. The van der Waals surface area contributed by atoms with E-state index in [1.54, 1.807) is 21.3 Å². The highest BCUT2D eigenvalue weighted by Gasteiger charge is 2.37. The lowest BCUT2D eigenvalue weighted by atomic mass is 9.76. The van der Waals surface area contributed by atoms with Crippen molar-refractivity contribution in [3.63, 3.8) is 0 Å². The summed E-state index contributed by atoms with van der Waals surface area (Å²) < 4.78 is 16.9. The van der Waals surface area contributed by atoms with Crippen LogP contribution in [0.25, 0.3) is 11.1 Å². The maximum absolute atomic E-state index is 10.4. The number of methoxy groups -OCH3 is 3. The van der Waals surface area contributed by atoms with Gasteiger partial charge in [-0.05, 0) is 66.3 Å². The second-order valence-electron chi connectivity index (χ2n) is 7.60. The molecule has 1 aliphatic carbocycles. The molecule has 29 heavy (non-hydrogen) atoms. The molecule has 2 aromatic carbocycles. The molecule has 0 fully saturated rings. The molecule has 0 radical (unpaired) electrons. The summed E-state index contributed by atoms with van der Waals surface area (Å²) in [5.74, 6) is 2.19. The van der Waals surface area contributed by atoms with Gasteiger partial charge in [0.1, 0.15) is 0 Å². The van der Waals surface area contributed by atoms with E-state index in [0.717, 1.165) is 54.1 Å². The van der Waals surface area contributed by atoms with E-state index in [2.05, 4.69) is 17.9 Å². The number of ether oxygens (including phenoxy) is 3. The topological polar surface area (TPSA) is 51.2 Å². The van der Waals surface area contributed by atoms with Crippen LogP contribution in [-0.4, -0.2) is 44.4 Å². The van der Waals surface area contributed by atoms with Gasteiger partial charge in [0.15, 0.2) is 23.0 Å².